The van der Waals surface area contributed by atoms with Crippen molar-refractivity contribution in [1.82, 2.24) is 5.32 Å². The van der Waals surface area contributed by atoms with Crippen LogP contribution in [0.5, 0.6) is 0 Å². The maximum Gasteiger partial charge on any atom is 0.251 e. The molecule has 3 N–H and O–H groups in total. The van der Waals surface area contributed by atoms with E-state index in [1.54, 1.807) is 0 Å². The van der Waals surface area contributed by atoms with Gasteiger partial charge < -0.3 is 11.1 Å². The summed E-state index contributed by atoms with van der Waals surface area (Å²) in [5.74, 6) is 2.76. The Labute approximate surface area is 126 Å². The summed E-state index contributed by atoms with van der Waals surface area (Å²) >= 11 is 0. The molecule has 0 saturated heterocycles. The van der Waals surface area contributed by atoms with E-state index in [0.29, 0.717) is 0 Å². The van der Waals surface area contributed by atoms with Crippen LogP contribution in [0.25, 0.3) is 0 Å². The molecule has 0 spiro atoms. The highest BCUT2D eigenvalue weighted by Crippen LogP contribution is 2.50. The van der Waals surface area contributed by atoms with Crippen molar-refractivity contribution in [1.29, 1.82) is 0 Å². The van der Waals surface area contributed by atoms with Crippen molar-refractivity contribution >= 4 is 5.91 Å². The number of amides is 1. The molecule has 1 aromatic rings. The molecule has 1 aliphatic heterocycles. The lowest BCUT2D eigenvalue weighted by atomic mass is 9.82. The molecule has 1 heterocycles. The van der Waals surface area contributed by atoms with Crippen LogP contribution in [0.4, 0.5) is 0 Å². The van der Waals surface area contributed by atoms with Crippen LogP contribution in [0.15, 0.2) is 18.2 Å². The highest BCUT2D eigenvalue weighted by Gasteiger charge is 2.39. The highest BCUT2D eigenvalue weighted by atomic mass is 16.1. The summed E-state index contributed by atoms with van der Waals surface area (Å²) < 4.78 is 0. The zero-order valence-electron chi connectivity index (χ0n) is 12.5. The van der Waals surface area contributed by atoms with Crippen LogP contribution in [-0.4, -0.2) is 12.5 Å². The van der Waals surface area contributed by atoms with Gasteiger partial charge in [-0.3, -0.25) is 4.79 Å². The molecular formula is C18H24N2O. The Morgan fingerprint density at radius 1 is 1.29 bits per heavy atom. The van der Waals surface area contributed by atoms with Gasteiger partial charge in [0.2, 0.25) is 0 Å². The zero-order chi connectivity index (χ0) is 14.4. The van der Waals surface area contributed by atoms with E-state index in [1.807, 2.05) is 6.07 Å². The van der Waals surface area contributed by atoms with Gasteiger partial charge in [0.1, 0.15) is 0 Å². The van der Waals surface area contributed by atoms with Gasteiger partial charge in [-0.25, -0.2) is 0 Å². The van der Waals surface area contributed by atoms with Crippen LogP contribution >= 0.6 is 0 Å². The second-order valence-electron chi connectivity index (χ2n) is 7.20. The minimum absolute atomic E-state index is 0.0604. The minimum Gasteiger partial charge on any atom is -0.352 e. The fraction of sp³-hybridized carbons (Fsp3) is 0.611. The minimum atomic E-state index is 0.0604. The third-order valence-electron chi connectivity index (χ3n) is 5.93. The number of carbonyl (C=O) groups excluding carboxylic acids is 1. The summed E-state index contributed by atoms with van der Waals surface area (Å²) in [5, 5.41) is 2.92. The van der Waals surface area contributed by atoms with Crippen molar-refractivity contribution < 1.29 is 4.79 Å². The number of hydrogen-bond donors (Lipinski definition) is 2. The maximum absolute atomic E-state index is 12.0. The van der Waals surface area contributed by atoms with E-state index in [1.165, 1.54) is 25.7 Å². The first-order valence-corrected chi connectivity index (χ1v) is 8.37. The Hall–Kier alpha value is -1.35. The first-order valence-electron chi connectivity index (χ1n) is 8.37. The molecule has 1 aromatic carbocycles. The molecule has 21 heavy (non-hydrogen) atoms. The smallest absolute Gasteiger partial charge is 0.251 e. The molecule has 3 aliphatic rings. The average molecular weight is 284 g/mol. The van der Waals surface area contributed by atoms with Gasteiger partial charge in [0, 0.05) is 18.2 Å². The third-order valence-corrected chi connectivity index (χ3v) is 5.93. The summed E-state index contributed by atoms with van der Waals surface area (Å²) in [6.45, 7) is 0.752. The molecule has 2 bridgehead atoms. The number of rotatable bonds is 3. The van der Waals surface area contributed by atoms with Gasteiger partial charge in [0.15, 0.2) is 0 Å². The lowest BCUT2D eigenvalue weighted by Gasteiger charge is -2.26. The highest BCUT2D eigenvalue weighted by molar-refractivity contribution is 5.96. The first kappa shape index (κ1) is 13.3. The lowest BCUT2D eigenvalue weighted by Crippen LogP contribution is -2.32. The standard InChI is InChI=1S/C18H24N2O/c19-17(10-15-8-11-1-2-13(15)7-11)14-4-3-12-5-6-20-18(21)16(12)9-14/h3-4,9,11,13,15,17H,1-2,5-8,10,19H2,(H,20,21). The van der Waals surface area contributed by atoms with E-state index in [9.17, 15) is 4.79 Å². The number of fused-ring (bicyclic) bond motifs is 3. The van der Waals surface area contributed by atoms with Crippen LogP contribution in [0.3, 0.4) is 0 Å². The van der Waals surface area contributed by atoms with Gasteiger partial charge >= 0.3 is 0 Å². The van der Waals surface area contributed by atoms with Crippen molar-refractivity contribution in [2.24, 2.45) is 23.5 Å². The van der Waals surface area contributed by atoms with Gasteiger partial charge in [0.05, 0.1) is 0 Å². The van der Waals surface area contributed by atoms with Crippen LogP contribution in [0, 0.1) is 17.8 Å². The quantitative estimate of drug-likeness (QED) is 0.896. The predicted molar refractivity (Wildman–Crippen MR) is 83.0 cm³/mol. The zero-order valence-corrected chi connectivity index (χ0v) is 12.5. The van der Waals surface area contributed by atoms with Gasteiger partial charge in [-0.05, 0) is 67.1 Å². The summed E-state index contributed by atoms with van der Waals surface area (Å²) in [4.78, 5) is 12.0. The number of nitrogens with one attached hydrogen (secondary N) is 1. The fourth-order valence-corrected chi connectivity index (χ4v) is 4.79. The third kappa shape index (κ3) is 2.38. The molecule has 0 radical (unpaired) electrons. The summed E-state index contributed by atoms with van der Waals surface area (Å²) in [5.41, 5.74) is 9.58. The molecule has 1 amide bonds. The first-order chi connectivity index (χ1) is 10.2. The van der Waals surface area contributed by atoms with E-state index in [4.69, 9.17) is 5.73 Å². The predicted octanol–water partition coefficient (Wildman–Crippen LogP) is 2.80. The summed E-state index contributed by atoms with van der Waals surface area (Å²) in [7, 11) is 0. The van der Waals surface area contributed by atoms with E-state index in [2.05, 4.69) is 17.4 Å². The van der Waals surface area contributed by atoms with Crippen molar-refractivity contribution in [2.75, 3.05) is 6.54 Å². The average Bonchev–Trinajstić information content (AvgIpc) is 3.10. The van der Waals surface area contributed by atoms with Crippen molar-refractivity contribution in [2.45, 2.75) is 44.6 Å². The van der Waals surface area contributed by atoms with Gasteiger partial charge in [0.25, 0.3) is 5.91 Å². The van der Waals surface area contributed by atoms with Crippen molar-refractivity contribution in [3.8, 4) is 0 Å². The Morgan fingerprint density at radius 3 is 2.95 bits per heavy atom. The molecule has 3 heteroatoms. The molecule has 4 unspecified atom stereocenters. The molecule has 2 aliphatic carbocycles. The topological polar surface area (TPSA) is 55.1 Å². The second kappa shape index (κ2) is 5.13. The summed E-state index contributed by atoms with van der Waals surface area (Å²) in [6.07, 6.45) is 7.68. The van der Waals surface area contributed by atoms with Crippen LogP contribution in [0.1, 0.15) is 59.6 Å². The number of benzene rings is 1. The van der Waals surface area contributed by atoms with Crippen LogP contribution in [-0.2, 0) is 6.42 Å². The lowest BCUT2D eigenvalue weighted by molar-refractivity contribution is 0.0946. The van der Waals surface area contributed by atoms with Crippen LogP contribution in [0.2, 0.25) is 0 Å². The maximum atomic E-state index is 12.0. The Kier molecular flexibility index (Phi) is 3.26. The molecule has 2 fully saturated rings. The monoisotopic (exact) mass is 284 g/mol. The Balaban J connectivity index is 1.50. The fourth-order valence-electron chi connectivity index (χ4n) is 4.79. The van der Waals surface area contributed by atoms with E-state index < -0.39 is 0 Å². The molecule has 3 nitrogen and oxygen atoms in total. The molecule has 4 atom stereocenters. The van der Waals surface area contributed by atoms with Gasteiger partial charge in [-0.15, -0.1) is 0 Å². The van der Waals surface area contributed by atoms with E-state index >= 15 is 0 Å². The second-order valence-corrected chi connectivity index (χ2v) is 7.20. The van der Waals surface area contributed by atoms with Gasteiger partial charge in [-0.2, -0.15) is 0 Å². The van der Waals surface area contributed by atoms with E-state index in [0.717, 1.165) is 53.8 Å². The Morgan fingerprint density at radius 2 is 2.19 bits per heavy atom. The Bertz CT molecular complexity index is 568. The molecular weight excluding hydrogens is 260 g/mol. The van der Waals surface area contributed by atoms with Crippen molar-refractivity contribution in [3.63, 3.8) is 0 Å². The summed E-state index contributed by atoms with van der Waals surface area (Å²) in [6, 6.07) is 6.34. The number of hydrogen-bond acceptors (Lipinski definition) is 2. The van der Waals surface area contributed by atoms with Gasteiger partial charge in [-0.1, -0.05) is 18.6 Å². The molecule has 2 saturated carbocycles. The van der Waals surface area contributed by atoms with E-state index in [-0.39, 0.29) is 11.9 Å². The number of nitrogens with two attached hydrogens (primary N) is 1. The SMILES string of the molecule is NC(CC1CC2CCC1C2)c1ccc2c(c1)C(=O)NCC2. The molecule has 112 valence electrons. The van der Waals surface area contributed by atoms with Crippen LogP contribution < -0.4 is 11.1 Å². The molecule has 4 rings (SSSR count). The normalized spacial score (nSPS) is 31.9. The largest absolute Gasteiger partial charge is 0.352 e. The van der Waals surface area contributed by atoms with Crippen molar-refractivity contribution in [3.05, 3.63) is 34.9 Å². The number of carbonyl (C=O) groups is 1. The molecule has 0 aromatic heterocycles.